The van der Waals surface area contributed by atoms with Gasteiger partial charge in [-0.05, 0) is 83.5 Å². The number of rotatable bonds is 8. The van der Waals surface area contributed by atoms with Gasteiger partial charge in [0, 0.05) is 25.7 Å². The fourth-order valence-corrected chi connectivity index (χ4v) is 3.93. The quantitative estimate of drug-likeness (QED) is 0.733. The molecule has 1 heterocycles. The second-order valence-electron chi connectivity index (χ2n) is 7.70. The highest BCUT2D eigenvalue weighted by Gasteiger charge is 2.40. The van der Waals surface area contributed by atoms with Crippen LogP contribution in [-0.2, 0) is 0 Å². The van der Waals surface area contributed by atoms with E-state index in [-0.39, 0.29) is 0 Å². The molecule has 1 saturated heterocycles. The van der Waals surface area contributed by atoms with Crippen molar-refractivity contribution in [1.29, 1.82) is 0 Å². The molecule has 116 valence electrons. The molecule has 0 spiro atoms. The molecular formula is C17H33N3. The molecule has 0 aromatic heterocycles. The Morgan fingerprint density at radius 2 is 1.60 bits per heavy atom. The zero-order chi connectivity index (χ0) is 13.9. The van der Waals surface area contributed by atoms with E-state index in [1.165, 1.54) is 71.2 Å². The van der Waals surface area contributed by atoms with Crippen molar-refractivity contribution >= 4 is 0 Å². The molecular weight excluding hydrogens is 246 g/mol. The maximum absolute atomic E-state index is 3.88. The first-order valence-corrected chi connectivity index (χ1v) is 8.83. The predicted octanol–water partition coefficient (Wildman–Crippen LogP) is 2.04. The Hall–Kier alpha value is -0.120. The number of hydrogen-bond donors (Lipinski definition) is 1. The average Bonchev–Trinajstić information content (AvgIpc) is 3.28. The normalized spacial score (nSPS) is 25.8. The van der Waals surface area contributed by atoms with Gasteiger partial charge in [0.1, 0.15) is 0 Å². The Morgan fingerprint density at radius 1 is 1.00 bits per heavy atom. The highest BCUT2D eigenvalue weighted by molar-refractivity contribution is 4.96. The molecule has 0 bridgehead atoms. The van der Waals surface area contributed by atoms with Crippen molar-refractivity contribution in [1.82, 2.24) is 15.1 Å². The minimum absolute atomic E-state index is 0.876. The van der Waals surface area contributed by atoms with Gasteiger partial charge in [-0.3, -0.25) is 0 Å². The number of piperidine rings is 1. The number of likely N-dealkylation sites (tertiary alicyclic amines) is 1. The van der Waals surface area contributed by atoms with E-state index in [0.29, 0.717) is 0 Å². The van der Waals surface area contributed by atoms with E-state index in [1.54, 1.807) is 0 Å². The molecule has 3 aliphatic rings. The standard InChI is InChI=1S/C17H33N3/c1-19(2)13-14-7-10-20(11-8-14)12-9-18-17(15-3-4-15)16-5-6-16/h14-18H,3-13H2,1-2H3. The third-order valence-electron chi connectivity index (χ3n) is 5.40. The van der Waals surface area contributed by atoms with Crippen molar-refractivity contribution < 1.29 is 0 Å². The molecule has 3 fully saturated rings. The fourth-order valence-electron chi connectivity index (χ4n) is 3.93. The molecule has 0 radical (unpaired) electrons. The van der Waals surface area contributed by atoms with E-state index in [1.807, 2.05) is 0 Å². The highest BCUT2D eigenvalue weighted by Crippen LogP contribution is 2.44. The zero-order valence-electron chi connectivity index (χ0n) is 13.5. The first-order valence-electron chi connectivity index (χ1n) is 8.83. The van der Waals surface area contributed by atoms with Crippen molar-refractivity contribution in [2.45, 2.75) is 44.6 Å². The SMILES string of the molecule is CN(C)CC1CCN(CCNC(C2CC2)C2CC2)CC1. The molecule has 0 atom stereocenters. The van der Waals surface area contributed by atoms with E-state index in [9.17, 15) is 0 Å². The Balaban J connectivity index is 1.29. The van der Waals surface area contributed by atoms with Gasteiger partial charge in [-0.15, -0.1) is 0 Å². The van der Waals surface area contributed by atoms with Crippen molar-refractivity contribution in [3.05, 3.63) is 0 Å². The summed E-state index contributed by atoms with van der Waals surface area (Å²) in [5, 5.41) is 3.88. The molecule has 0 aromatic rings. The van der Waals surface area contributed by atoms with E-state index >= 15 is 0 Å². The van der Waals surface area contributed by atoms with Crippen LogP contribution in [0, 0.1) is 17.8 Å². The molecule has 1 N–H and O–H groups in total. The van der Waals surface area contributed by atoms with Crippen LogP contribution < -0.4 is 5.32 Å². The molecule has 2 aliphatic carbocycles. The van der Waals surface area contributed by atoms with Gasteiger partial charge in [0.15, 0.2) is 0 Å². The Labute approximate surface area is 125 Å². The predicted molar refractivity (Wildman–Crippen MR) is 85.0 cm³/mol. The lowest BCUT2D eigenvalue weighted by molar-refractivity contribution is 0.161. The third kappa shape index (κ3) is 4.44. The molecule has 3 nitrogen and oxygen atoms in total. The molecule has 20 heavy (non-hydrogen) atoms. The van der Waals surface area contributed by atoms with E-state index in [2.05, 4.69) is 29.2 Å². The number of nitrogens with zero attached hydrogens (tertiary/aromatic N) is 2. The zero-order valence-corrected chi connectivity index (χ0v) is 13.5. The minimum Gasteiger partial charge on any atom is -0.312 e. The highest BCUT2D eigenvalue weighted by atomic mass is 15.2. The maximum Gasteiger partial charge on any atom is 0.0124 e. The summed E-state index contributed by atoms with van der Waals surface area (Å²) in [6, 6.07) is 0.876. The second-order valence-corrected chi connectivity index (χ2v) is 7.70. The van der Waals surface area contributed by atoms with Crippen molar-refractivity contribution in [3.8, 4) is 0 Å². The van der Waals surface area contributed by atoms with Gasteiger partial charge in [0.05, 0.1) is 0 Å². The van der Waals surface area contributed by atoms with Crippen molar-refractivity contribution in [3.63, 3.8) is 0 Å². The molecule has 0 amide bonds. The molecule has 3 heteroatoms. The lowest BCUT2D eigenvalue weighted by Gasteiger charge is -2.33. The summed E-state index contributed by atoms with van der Waals surface area (Å²) in [5.41, 5.74) is 0. The lowest BCUT2D eigenvalue weighted by atomic mass is 9.96. The summed E-state index contributed by atoms with van der Waals surface area (Å²) in [6.45, 7) is 6.40. The lowest BCUT2D eigenvalue weighted by Crippen LogP contribution is -2.43. The van der Waals surface area contributed by atoms with Crippen LogP contribution in [0.2, 0.25) is 0 Å². The van der Waals surface area contributed by atoms with Gasteiger partial charge < -0.3 is 15.1 Å². The smallest absolute Gasteiger partial charge is 0.0124 e. The summed E-state index contributed by atoms with van der Waals surface area (Å²) < 4.78 is 0. The summed E-state index contributed by atoms with van der Waals surface area (Å²) in [7, 11) is 4.40. The monoisotopic (exact) mass is 279 g/mol. The number of hydrogen-bond acceptors (Lipinski definition) is 3. The molecule has 3 rings (SSSR count). The van der Waals surface area contributed by atoms with E-state index in [0.717, 1.165) is 23.8 Å². The number of nitrogens with one attached hydrogen (secondary N) is 1. The first kappa shape index (κ1) is 14.8. The Morgan fingerprint density at radius 3 is 2.10 bits per heavy atom. The second kappa shape index (κ2) is 6.76. The molecule has 0 unspecified atom stereocenters. The van der Waals surface area contributed by atoms with Gasteiger partial charge >= 0.3 is 0 Å². The minimum atomic E-state index is 0.876. The van der Waals surface area contributed by atoms with Crippen LogP contribution >= 0.6 is 0 Å². The van der Waals surface area contributed by atoms with Gasteiger partial charge in [-0.1, -0.05) is 0 Å². The van der Waals surface area contributed by atoms with Crippen LogP contribution in [0.1, 0.15) is 38.5 Å². The third-order valence-corrected chi connectivity index (χ3v) is 5.40. The van der Waals surface area contributed by atoms with Crippen LogP contribution in [0.3, 0.4) is 0 Å². The van der Waals surface area contributed by atoms with Crippen molar-refractivity contribution in [2.75, 3.05) is 46.8 Å². The Kier molecular flexibility index (Phi) is 5.00. The van der Waals surface area contributed by atoms with Gasteiger partial charge in [0.25, 0.3) is 0 Å². The molecule has 2 saturated carbocycles. The van der Waals surface area contributed by atoms with E-state index in [4.69, 9.17) is 0 Å². The Bertz CT molecular complexity index is 277. The maximum atomic E-state index is 3.88. The fraction of sp³-hybridized carbons (Fsp3) is 1.00. The largest absolute Gasteiger partial charge is 0.312 e. The summed E-state index contributed by atoms with van der Waals surface area (Å²) in [6.07, 6.45) is 8.75. The average molecular weight is 279 g/mol. The van der Waals surface area contributed by atoms with Crippen LogP contribution in [-0.4, -0.2) is 62.7 Å². The molecule has 1 aliphatic heterocycles. The summed E-state index contributed by atoms with van der Waals surface area (Å²) in [5.74, 6) is 3.00. The topological polar surface area (TPSA) is 18.5 Å². The van der Waals surface area contributed by atoms with Crippen LogP contribution in [0.15, 0.2) is 0 Å². The first-order chi connectivity index (χ1) is 9.72. The van der Waals surface area contributed by atoms with Crippen molar-refractivity contribution in [2.24, 2.45) is 17.8 Å². The molecule has 0 aromatic carbocycles. The van der Waals surface area contributed by atoms with Crippen LogP contribution in [0.25, 0.3) is 0 Å². The van der Waals surface area contributed by atoms with Crippen LogP contribution in [0.5, 0.6) is 0 Å². The summed E-state index contributed by atoms with van der Waals surface area (Å²) >= 11 is 0. The van der Waals surface area contributed by atoms with Crippen LogP contribution in [0.4, 0.5) is 0 Å². The van der Waals surface area contributed by atoms with Gasteiger partial charge in [0.2, 0.25) is 0 Å². The van der Waals surface area contributed by atoms with E-state index < -0.39 is 0 Å². The van der Waals surface area contributed by atoms with Gasteiger partial charge in [-0.2, -0.15) is 0 Å². The van der Waals surface area contributed by atoms with Gasteiger partial charge in [-0.25, -0.2) is 0 Å². The summed E-state index contributed by atoms with van der Waals surface area (Å²) in [4.78, 5) is 5.02.